The van der Waals surface area contributed by atoms with Gasteiger partial charge in [-0.1, -0.05) is 17.7 Å². The molecule has 3 N–H and O–H groups in total. The van der Waals surface area contributed by atoms with E-state index in [0.29, 0.717) is 31.5 Å². The van der Waals surface area contributed by atoms with Gasteiger partial charge in [0, 0.05) is 19.1 Å². The van der Waals surface area contributed by atoms with E-state index in [4.69, 9.17) is 11.6 Å². The molecule has 30 heavy (non-hydrogen) atoms. The highest BCUT2D eigenvalue weighted by atomic mass is 35.5. The quantitative estimate of drug-likeness (QED) is 0.632. The Balaban J connectivity index is 1.68. The van der Waals surface area contributed by atoms with Crippen LogP contribution in [0.3, 0.4) is 0 Å². The SMILES string of the molecule is Cc1ccc(F)c(C(=O)Nc2cn[nH]c2C(=O)NC2CCN(S(C)(=O)=O)CC2)c1Cl. The molecule has 1 aromatic heterocycles. The Kier molecular flexibility index (Phi) is 6.44. The lowest BCUT2D eigenvalue weighted by atomic mass is 10.1. The predicted octanol–water partition coefficient (Wildman–Crippen LogP) is 1.92. The van der Waals surface area contributed by atoms with Gasteiger partial charge in [-0.15, -0.1) is 0 Å². The summed E-state index contributed by atoms with van der Waals surface area (Å²) in [5.41, 5.74) is 0.285. The second kappa shape index (κ2) is 8.70. The highest BCUT2D eigenvalue weighted by molar-refractivity contribution is 7.88. The van der Waals surface area contributed by atoms with Gasteiger partial charge in [0.1, 0.15) is 11.5 Å². The van der Waals surface area contributed by atoms with Gasteiger partial charge in [-0.05, 0) is 31.4 Å². The Labute approximate surface area is 178 Å². The number of hydrogen-bond donors (Lipinski definition) is 3. The molecular formula is C18H21ClFN5O4S. The van der Waals surface area contributed by atoms with Crippen LogP contribution in [0.15, 0.2) is 18.3 Å². The molecule has 1 fully saturated rings. The van der Waals surface area contributed by atoms with Crippen molar-refractivity contribution in [3.8, 4) is 0 Å². The number of sulfonamides is 1. The fourth-order valence-corrected chi connectivity index (χ4v) is 4.31. The van der Waals surface area contributed by atoms with Crippen molar-refractivity contribution in [2.75, 3.05) is 24.7 Å². The fraction of sp³-hybridized carbons (Fsp3) is 0.389. The van der Waals surface area contributed by atoms with Crippen molar-refractivity contribution in [2.45, 2.75) is 25.8 Å². The van der Waals surface area contributed by atoms with Gasteiger partial charge in [-0.25, -0.2) is 17.1 Å². The zero-order chi connectivity index (χ0) is 22.1. The average Bonchev–Trinajstić information content (AvgIpc) is 3.13. The summed E-state index contributed by atoms with van der Waals surface area (Å²) in [4.78, 5) is 25.1. The van der Waals surface area contributed by atoms with Gasteiger partial charge in [-0.2, -0.15) is 5.10 Å². The van der Waals surface area contributed by atoms with Crippen LogP contribution >= 0.6 is 11.6 Å². The van der Waals surface area contributed by atoms with Crippen molar-refractivity contribution >= 4 is 39.1 Å². The van der Waals surface area contributed by atoms with E-state index in [0.717, 1.165) is 12.3 Å². The Bertz CT molecular complexity index is 1080. The average molecular weight is 458 g/mol. The summed E-state index contributed by atoms with van der Waals surface area (Å²) in [6, 6.07) is 2.37. The third-order valence-corrected chi connectivity index (χ3v) is 6.67. The molecule has 2 heterocycles. The molecule has 0 atom stereocenters. The number of amides is 2. The molecule has 2 aromatic rings. The molecular weight excluding hydrogens is 437 g/mol. The molecule has 9 nitrogen and oxygen atoms in total. The number of carbonyl (C=O) groups excluding carboxylic acids is 2. The lowest BCUT2D eigenvalue weighted by Gasteiger charge is -2.30. The van der Waals surface area contributed by atoms with Crippen LogP contribution in [-0.2, 0) is 10.0 Å². The maximum absolute atomic E-state index is 14.1. The molecule has 0 radical (unpaired) electrons. The van der Waals surface area contributed by atoms with Gasteiger partial charge in [-0.3, -0.25) is 14.7 Å². The Morgan fingerprint density at radius 3 is 2.57 bits per heavy atom. The number of anilines is 1. The zero-order valence-corrected chi connectivity index (χ0v) is 17.9. The number of aryl methyl sites for hydroxylation is 1. The molecule has 0 unspecified atom stereocenters. The topological polar surface area (TPSA) is 124 Å². The summed E-state index contributed by atoms with van der Waals surface area (Å²) in [7, 11) is -3.26. The van der Waals surface area contributed by atoms with Gasteiger partial charge in [0.05, 0.1) is 28.7 Å². The predicted molar refractivity (Wildman–Crippen MR) is 110 cm³/mol. The van der Waals surface area contributed by atoms with Gasteiger partial charge in [0.25, 0.3) is 11.8 Å². The number of benzene rings is 1. The number of nitrogens with zero attached hydrogens (tertiary/aromatic N) is 2. The molecule has 0 saturated carbocycles. The summed E-state index contributed by atoms with van der Waals surface area (Å²) in [6.07, 6.45) is 3.30. The maximum Gasteiger partial charge on any atom is 0.271 e. The number of aromatic amines is 1. The number of piperidine rings is 1. The smallest absolute Gasteiger partial charge is 0.271 e. The van der Waals surface area contributed by atoms with Crippen LogP contribution in [0.1, 0.15) is 39.3 Å². The van der Waals surface area contributed by atoms with Crippen LogP contribution in [0, 0.1) is 12.7 Å². The van der Waals surface area contributed by atoms with Crippen LogP contribution in [0.25, 0.3) is 0 Å². The summed E-state index contributed by atoms with van der Waals surface area (Å²) >= 11 is 6.06. The number of halogens is 2. The van der Waals surface area contributed by atoms with Crippen molar-refractivity contribution in [2.24, 2.45) is 0 Å². The van der Waals surface area contributed by atoms with Gasteiger partial charge in [0.15, 0.2) is 0 Å². The molecule has 0 bridgehead atoms. The molecule has 0 aliphatic carbocycles. The molecule has 2 amide bonds. The molecule has 162 valence electrons. The van der Waals surface area contributed by atoms with Crippen molar-refractivity contribution in [1.29, 1.82) is 0 Å². The standard InChI is InChI=1S/C18H21ClFN5O4S/c1-10-3-4-12(20)14(15(10)19)17(26)23-13-9-21-24-16(13)18(27)22-11-5-7-25(8-6-11)30(2,28)29/h3-4,9,11H,5-8H2,1-2H3,(H,21,24)(H,22,27)(H,23,26). The number of H-pyrrole nitrogens is 1. The second-order valence-electron chi connectivity index (χ2n) is 7.08. The summed E-state index contributed by atoms with van der Waals surface area (Å²) in [5, 5.41) is 11.5. The molecule has 12 heteroatoms. The molecule has 1 aliphatic rings. The first-order valence-corrected chi connectivity index (χ1v) is 11.4. The number of hydrogen-bond acceptors (Lipinski definition) is 5. The minimum atomic E-state index is -3.26. The maximum atomic E-state index is 14.1. The van der Waals surface area contributed by atoms with Crippen LogP contribution in [-0.4, -0.2) is 60.1 Å². The Hall–Kier alpha value is -2.50. The Morgan fingerprint density at radius 2 is 1.93 bits per heavy atom. The van der Waals surface area contributed by atoms with Crippen LogP contribution in [0.2, 0.25) is 5.02 Å². The minimum Gasteiger partial charge on any atom is -0.348 e. The third kappa shape index (κ3) is 4.79. The first-order chi connectivity index (χ1) is 14.1. The lowest BCUT2D eigenvalue weighted by molar-refractivity contribution is 0.0919. The molecule has 0 spiro atoms. The van der Waals surface area contributed by atoms with E-state index in [-0.39, 0.29) is 28.0 Å². The monoisotopic (exact) mass is 457 g/mol. The molecule has 1 aromatic carbocycles. The van der Waals surface area contributed by atoms with Crippen molar-refractivity contribution in [1.82, 2.24) is 19.8 Å². The van der Waals surface area contributed by atoms with Crippen LogP contribution in [0.5, 0.6) is 0 Å². The first-order valence-electron chi connectivity index (χ1n) is 9.13. The second-order valence-corrected chi connectivity index (χ2v) is 9.44. The van der Waals surface area contributed by atoms with E-state index >= 15 is 0 Å². The van der Waals surface area contributed by atoms with E-state index in [1.54, 1.807) is 6.92 Å². The van der Waals surface area contributed by atoms with Crippen LogP contribution in [0.4, 0.5) is 10.1 Å². The fourth-order valence-electron chi connectivity index (χ4n) is 3.19. The van der Waals surface area contributed by atoms with Crippen molar-refractivity contribution in [3.63, 3.8) is 0 Å². The van der Waals surface area contributed by atoms with Gasteiger partial charge < -0.3 is 10.6 Å². The minimum absolute atomic E-state index is 0.00178. The highest BCUT2D eigenvalue weighted by Gasteiger charge is 2.27. The van der Waals surface area contributed by atoms with Crippen molar-refractivity contribution < 1.29 is 22.4 Å². The highest BCUT2D eigenvalue weighted by Crippen LogP contribution is 2.25. The lowest BCUT2D eigenvalue weighted by Crippen LogP contribution is -2.46. The number of aromatic nitrogens is 2. The van der Waals surface area contributed by atoms with Crippen LogP contribution < -0.4 is 10.6 Å². The van der Waals surface area contributed by atoms with E-state index in [1.807, 2.05) is 0 Å². The number of rotatable bonds is 5. The zero-order valence-electron chi connectivity index (χ0n) is 16.3. The van der Waals surface area contributed by atoms with Gasteiger partial charge in [0.2, 0.25) is 10.0 Å². The first kappa shape index (κ1) is 22.2. The molecule has 1 aliphatic heterocycles. The number of carbonyl (C=O) groups is 2. The van der Waals surface area contributed by atoms with E-state index in [9.17, 15) is 22.4 Å². The normalized spacial score (nSPS) is 15.7. The molecule has 1 saturated heterocycles. The third-order valence-electron chi connectivity index (χ3n) is 4.88. The van der Waals surface area contributed by atoms with E-state index in [2.05, 4.69) is 20.8 Å². The summed E-state index contributed by atoms with van der Waals surface area (Å²) < 4.78 is 38.6. The van der Waals surface area contributed by atoms with Crippen molar-refractivity contribution in [3.05, 3.63) is 46.0 Å². The molecule has 3 rings (SSSR count). The Morgan fingerprint density at radius 1 is 1.27 bits per heavy atom. The summed E-state index contributed by atoms with van der Waals surface area (Å²) in [5.74, 6) is -2.11. The summed E-state index contributed by atoms with van der Waals surface area (Å²) in [6.45, 7) is 2.26. The number of nitrogens with one attached hydrogen (secondary N) is 3. The van der Waals surface area contributed by atoms with E-state index < -0.39 is 27.7 Å². The van der Waals surface area contributed by atoms with Gasteiger partial charge >= 0.3 is 0 Å². The van der Waals surface area contributed by atoms with E-state index in [1.165, 1.54) is 16.6 Å². The largest absolute Gasteiger partial charge is 0.348 e.